The van der Waals surface area contributed by atoms with Gasteiger partial charge >= 0.3 is 305 Å². The second-order valence-electron chi connectivity index (χ2n) is 15.3. The summed E-state index contributed by atoms with van der Waals surface area (Å²) in [5, 5.41) is 0. The Morgan fingerprint density at radius 1 is 0.481 bits per heavy atom. The molecular weight excluding hydrogens is 899 g/mol. The molecule has 0 nitrogen and oxygen atoms in total. The van der Waals surface area contributed by atoms with Crippen LogP contribution in [-0.4, -0.2) is 3.26 Å². The van der Waals surface area contributed by atoms with Gasteiger partial charge in [0.05, 0.1) is 0 Å². The van der Waals surface area contributed by atoms with Gasteiger partial charge in [-0.2, -0.15) is 0 Å². The van der Waals surface area contributed by atoms with Gasteiger partial charge in [0.1, 0.15) is 0 Å². The van der Waals surface area contributed by atoms with Crippen LogP contribution in [0.4, 0.5) is 52.7 Å². The standard InChI is InChI=1S/2C17H9F6.C5H8.2CH3.Hf/c2*18-16(19,20)12-7-11(8-13(9-12)17(21,22)23)15-6-2-4-10-3-1-5-14(10)15;1-2-4-5-3-1;;;/h2*1-9H;1-4H2;2*1H3;. The van der Waals surface area contributed by atoms with Crippen LogP contribution in [0.1, 0.15) is 77.5 Å². The molecule has 4 aromatic rings. The Balaban J connectivity index is 1.40. The summed E-state index contributed by atoms with van der Waals surface area (Å²) in [5.41, 5.74) is -3.16. The topological polar surface area (TPSA) is 0 Å². The average Bonchev–Trinajstić information content (AvgIpc) is 3.87. The Hall–Kier alpha value is -3.74. The second-order valence-corrected chi connectivity index (χ2v) is 41.1. The summed E-state index contributed by atoms with van der Waals surface area (Å²) >= 11 is -4.80. The fourth-order valence-corrected chi connectivity index (χ4v) is 34.3. The van der Waals surface area contributed by atoms with Crippen molar-refractivity contribution in [2.75, 3.05) is 0 Å². The predicted octanol–water partition coefficient (Wildman–Crippen LogP) is 14.5. The number of hydrogen-bond donors (Lipinski definition) is 0. The summed E-state index contributed by atoms with van der Waals surface area (Å²) in [6.45, 7) is 0. The van der Waals surface area contributed by atoms with Crippen LogP contribution in [-0.2, 0) is 42.7 Å². The van der Waals surface area contributed by atoms with E-state index < -0.39 is 65.0 Å². The summed E-state index contributed by atoms with van der Waals surface area (Å²) < 4.78 is 172. The Morgan fingerprint density at radius 3 is 1.13 bits per heavy atom. The van der Waals surface area contributed by atoms with E-state index in [9.17, 15) is 52.7 Å². The molecule has 7 rings (SSSR count). The van der Waals surface area contributed by atoms with Crippen LogP contribution >= 0.6 is 0 Å². The van der Waals surface area contributed by atoms with Crippen molar-refractivity contribution < 1.29 is 70.7 Å². The van der Waals surface area contributed by atoms with Gasteiger partial charge in [0, 0.05) is 0 Å². The van der Waals surface area contributed by atoms with Gasteiger partial charge in [-0.05, 0) is 0 Å². The minimum atomic E-state index is -5.03. The first kappa shape index (κ1) is 38.5. The Bertz CT molecular complexity index is 2090. The molecule has 0 N–H and O–H groups in total. The maximum atomic E-state index is 13.9. The molecule has 284 valence electrons. The number of halogens is 12. The summed E-state index contributed by atoms with van der Waals surface area (Å²) in [4.78, 5) is 0. The van der Waals surface area contributed by atoms with Crippen molar-refractivity contribution in [1.82, 2.24) is 0 Å². The van der Waals surface area contributed by atoms with Gasteiger partial charge in [0.15, 0.2) is 0 Å². The van der Waals surface area contributed by atoms with Crippen LogP contribution in [0.15, 0.2) is 84.9 Å². The molecule has 0 aromatic heterocycles. The summed E-state index contributed by atoms with van der Waals surface area (Å²) in [6.07, 6.45) is -9.14. The number of allylic oxidation sites excluding steroid dienone is 2. The van der Waals surface area contributed by atoms with E-state index in [1.165, 1.54) is 15.4 Å². The van der Waals surface area contributed by atoms with Gasteiger partial charge in [-0.15, -0.1) is 0 Å². The SMILES string of the molecule is [CH3][Hf]([CH3])(=[C]1CCCC1)([CH]1C=Cc2c(-c3cc(C(F)(F)F)cc(C(F)(F)F)c3)cccc21)[CH]1C=Cc2c(-c3cc(C(F)(F)F)cc(C(F)(F)F)c3)cccc21. The average molecular weight is 931 g/mol. The molecule has 0 bridgehead atoms. The monoisotopic (exact) mass is 932 g/mol. The first-order valence-corrected chi connectivity index (χ1v) is 30.4. The van der Waals surface area contributed by atoms with Gasteiger partial charge in [-0.1, -0.05) is 0 Å². The fraction of sp³-hybridized carbons (Fsp3) is 0.293. The predicted molar refractivity (Wildman–Crippen MR) is 183 cm³/mol. The van der Waals surface area contributed by atoms with E-state index in [1.807, 2.05) is 24.3 Å². The van der Waals surface area contributed by atoms with Gasteiger partial charge < -0.3 is 0 Å². The van der Waals surface area contributed by atoms with Crippen molar-refractivity contribution in [3.63, 3.8) is 0 Å². The molecule has 0 aliphatic heterocycles. The molecule has 4 aromatic carbocycles. The molecule has 0 saturated heterocycles. The molecule has 0 radical (unpaired) electrons. The minimum absolute atomic E-state index is 0.0957. The van der Waals surface area contributed by atoms with E-state index in [-0.39, 0.29) is 41.7 Å². The third-order valence-corrected chi connectivity index (χ3v) is 39.1. The van der Waals surface area contributed by atoms with Crippen molar-refractivity contribution >= 4 is 15.4 Å². The van der Waals surface area contributed by atoms with E-state index in [4.69, 9.17) is 0 Å². The first-order chi connectivity index (χ1) is 25.0. The van der Waals surface area contributed by atoms with Crippen molar-refractivity contribution in [2.24, 2.45) is 0 Å². The Kier molecular flexibility index (Phi) is 9.02. The van der Waals surface area contributed by atoms with E-state index >= 15 is 0 Å². The van der Waals surface area contributed by atoms with Crippen molar-refractivity contribution in [3.8, 4) is 22.3 Å². The van der Waals surface area contributed by atoms with Crippen LogP contribution in [0.5, 0.6) is 0 Å². The number of hydrogen-bond acceptors (Lipinski definition) is 0. The van der Waals surface area contributed by atoms with Crippen LogP contribution < -0.4 is 0 Å². The third kappa shape index (κ3) is 6.45. The maximum absolute atomic E-state index is 13.9. The Morgan fingerprint density at radius 2 is 0.815 bits per heavy atom. The molecule has 1 saturated carbocycles. The van der Waals surface area contributed by atoms with E-state index in [0.717, 1.165) is 61.1 Å². The normalized spacial score (nSPS) is 19.1. The van der Waals surface area contributed by atoms with Crippen LogP contribution in [0, 0.1) is 0 Å². The third-order valence-electron chi connectivity index (χ3n) is 11.9. The van der Waals surface area contributed by atoms with Gasteiger partial charge in [0.2, 0.25) is 0 Å². The zero-order valence-corrected chi connectivity index (χ0v) is 32.3. The number of benzene rings is 4. The van der Waals surface area contributed by atoms with Crippen LogP contribution in [0.2, 0.25) is 9.36 Å². The molecule has 2 unspecified atom stereocenters. The second kappa shape index (κ2) is 12.6. The summed E-state index contributed by atoms with van der Waals surface area (Å²) in [5.74, 6) is 0. The molecule has 2 atom stereocenters. The number of rotatable bonds is 4. The summed E-state index contributed by atoms with van der Waals surface area (Å²) in [6, 6.07) is 13.0. The quantitative estimate of drug-likeness (QED) is 0.141. The van der Waals surface area contributed by atoms with Crippen molar-refractivity contribution in [3.05, 3.63) is 129 Å². The van der Waals surface area contributed by atoms with Crippen LogP contribution in [0.3, 0.4) is 0 Å². The fourth-order valence-electron chi connectivity index (χ4n) is 9.17. The molecule has 3 aliphatic rings. The van der Waals surface area contributed by atoms with E-state index in [1.54, 1.807) is 24.3 Å². The van der Waals surface area contributed by atoms with Gasteiger partial charge in [-0.3, -0.25) is 0 Å². The van der Waals surface area contributed by atoms with Crippen LogP contribution in [0.25, 0.3) is 34.4 Å². The molecule has 3 aliphatic carbocycles. The van der Waals surface area contributed by atoms with E-state index in [2.05, 4.69) is 9.36 Å². The molecule has 0 amide bonds. The molecule has 1 fully saturated rings. The van der Waals surface area contributed by atoms with Gasteiger partial charge in [0.25, 0.3) is 0 Å². The number of fused-ring (bicyclic) bond motifs is 2. The van der Waals surface area contributed by atoms with E-state index in [0.29, 0.717) is 11.1 Å². The molecule has 0 heterocycles. The van der Waals surface area contributed by atoms with Gasteiger partial charge in [-0.25, -0.2) is 0 Å². The zero-order valence-electron chi connectivity index (χ0n) is 28.8. The van der Waals surface area contributed by atoms with Crippen molar-refractivity contribution in [2.45, 2.75) is 67.1 Å². The number of alkyl halides is 12. The molecular formula is C41H32F12Hf. The Labute approximate surface area is 303 Å². The first-order valence-electron chi connectivity index (χ1n) is 17.2. The molecule has 54 heavy (non-hydrogen) atoms. The van der Waals surface area contributed by atoms with Crippen molar-refractivity contribution in [1.29, 1.82) is 0 Å². The molecule has 0 spiro atoms. The zero-order chi connectivity index (χ0) is 39.2. The summed E-state index contributed by atoms with van der Waals surface area (Å²) in [7, 11) is 0. The molecule has 13 heteroatoms.